The van der Waals surface area contributed by atoms with Gasteiger partial charge in [-0.1, -0.05) is 6.92 Å². The highest BCUT2D eigenvalue weighted by Gasteiger charge is 2.42. The second-order valence-corrected chi connectivity index (χ2v) is 5.56. The van der Waals surface area contributed by atoms with Crippen molar-refractivity contribution in [2.45, 2.75) is 45.1 Å². The molecule has 1 saturated carbocycles. The molecule has 4 nitrogen and oxygen atoms in total. The van der Waals surface area contributed by atoms with E-state index >= 15 is 0 Å². The standard InChI is InChI=1S/C13H23NO3/c1-10-2-5-13(9-14,6-3-10)12(15)17-11-4-7-16-8-11/h10-11H,2-9,14H2,1H3. The highest BCUT2D eigenvalue weighted by Crippen LogP contribution is 2.39. The zero-order chi connectivity index (χ0) is 12.3. The summed E-state index contributed by atoms with van der Waals surface area (Å²) in [4.78, 5) is 12.3. The molecule has 0 aromatic heterocycles. The van der Waals surface area contributed by atoms with Crippen LogP contribution in [0.15, 0.2) is 0 Å². The summed E-state index contributed by atoms with van der Waals surface area (Å²) in [6.45, 7) is 3.89. The SMILES string of the molecule is CC1CCC(CN)(C(=O)OC2CCOC2)CC1. The minimum Gasteiger partial charge on any atom is -0.459 e. The van der Waals surface area contributed by atoms with Crippen molar-refractivity contribution in [1.29, 1.82) is 0 Å². The first-order chi connectivity index (χ1) is 8.16. The van der Waals surface area contributed by atoms with Crippen molar-refractivity contribution in [3.05, 3.63) is 0 Å². The molecule has 1 aliphatic heterocycles. The van der Waals surface area contributed by atoms with Crippen LogP contribution >= 0.6 is 0 Å². The summed E-state index contributed by atoms with van der Waals surface area (Å²) in [6, 6.07) is 0. The van der Waals surface area contributed by atoms with Crippen LogP contribution in [0.1, 0.15) is 39.0 Å². The fourth-order valence-electron chi connectivity index (χ4n) is 2.69. The van der Waals surface area contributed by atoms with Gasteiger partial charge in [-0.15, -0.1) is 0 Å². The average molecular weight is 241 g/mol. The van der Waals surface area contributed by atoms with Crippen molar-refractivity contribution in [2.75, 3.05) is 19.8 Å². The summed E-state index contributed by atoms with van der Waals surface area (Å²) < 4.78 is 10.8. The quantitative estimate of drug-likeness (QED) is 0.760. The predicted octanol–water partition coefficient (Wildman–Crippen LogP) is 1.47. The Labute approximate surface area is 103 Å². The van der Waals surface area contributed by atoms with E-state index in [0.29, 0.717) is 25.7 Å². The second kappa shape index (κ2) is 5.36. The lowest BCUT2D eigenvalue weighted by molar-refractivity contribution is -0.163. The normalized spacial score (nSPS) is 38.0. The average Bonchev–Trinajstić information content (AvgIpc) is 2.83. The topological polar surface area (TPSA) is 61.6 Å². The lowest BCUT2D eigenvalue weighted by atomic mass is 9.71. The molecule has 0 radical (unpaired) electrons. The van der Waals surface area contributed by atoms with Gasteiger partial charge in [-0.3, -0.25) is 4.79 Å². The number of nitrogens with two attached hydrogens (primary N) is 1. The molecule has 1 unspecified atom stereocenters. The number of rotatable bonds is 3. The van der Waals surface area contributed by atoms with Crippen molar-refractivity contribution in [1.82, 2.24) is 0 Å². The zero-order valence-corrected chi connectivity index (χ0v) is 10.6. The van der Waals surface area contributed by atoms with Gasteiger partial charge in [0.2, 0.25) is 0 Å². The summed E-state index contributed by atoms with van der Waals surface area (Å²) in [7, 11) is 0. The Bertz CT molecular complexity index is 266. The molecule has 0 aromatic rings. The first kappa shape index (κ1) is 12.8. The van der Waals surface area contributed by atoms with Crippen LogP contribution in [0.3, 0.4) is 0 Å². The van der Waals surface area contributed by atoms with Crippen molar-refractivity contribution in [3.63, 3.8) is 0 Å². The Kier molecular flexibility index (Phi) is 4.05. The molecule has 4 heteroatoms. The van der Waals surface area contributed by atoms with Crippen LogP contribution in [0.4, 0.5) is 0 Å². The Hall–Kier alpha value is -0.610. The van der Waals surface area contributed by atoms with E-state index in [9.17, 15) is 4.79 Å². The molecule has 17 heavy (non-hydrogen) atoms. The van der Waals surface area contributed by atoms with E-state index in [1.807, 2.05) is 0 Å². The van der Waals surface area contributed by atoms with Gasteiger partial charge in [-0.2, -0.15) is 0 Å². The first-order valence-electron chi connectivity index (χ1n) is 6.65. The number of hydrogen-bond acceptors (Lipinski definition) is 4. The van der Waals surface area contributed by atoms with Crippen LogP contribution in [-0.2, 0) is 14.3 Å². The molecule has 0 aromatic carbocycles. The van der Waals surface area contributed by atoms with Crippen LogP contribution in [-0.4, -0.2) is 31.8 Å². The molecule has 2 fully saturated rings. The third-order valence-electron chi connectivity index (χ3n) is 4.22. The number of hydrogen-bond donors (Lipinski definition) is 1. The van der Waals surface area contributed by atoms with Crippen LogP contribution in [0, 0.1) is 11.3 Å². The molecule has 98 valence electrons. The Morgan fingerprint density at radius 1 is 1.41 bits per heavy atom. The molecule has 1 atom stereocenters. The number of carbonyl (C=O) groups excluding carboxylic acids is 1. The van der Waals surface area contributed by atoms with E-state index in [1.165, 1.54) is 0 Å². The maximum absolute atomic E-state index is 12.3. The Balaban J connectivity index is 1.94. The fourth-order valence-corrected chi connectivity index (χ4v) is 2.69. The summed E-state index contributed by atoms with van der Waals surface area (Å²) in [5.74, 6) is 0.611. The van der Waals surface area contributed by atoms with E-state index in [4.69, 9.17) is 15.2 Å². The van der Waals surface area contributed by atoms with Gasteiger partial charge < -0.3 is 15.2 Å². The maximum Gasteiger partial charge on any atom is 0.313 e. The zero-order valence-electron chi connectivity index (χ0n) is 10.6. The van der Waals surface area contributed by atoms with Gasteiger partial charge in [0, 0.05) is 13.0 Å². The van der Waals surface area contributed by atoms with Crippen molar-refractivity contribution in [2.24, 2.45) is 17.1 Å². The van der Waals surface area contributed by atoms with Crippen LogP contribution in [0.5, 0.6) is 0 Å². The fraction of sp³-hybridized carbons (Fsp3) is 0.923. The molecule has 0 spiro atoms. The summed E-state index contributed by atoms with van der Waals surface area (Å²) in [5.41, 5.74) is 5.41. The number of ether oxygens (including phenoxy) is 2. The van der Waals surface area contributed by atoms with E-state index in [-0.39, 0.29) is 12.1 Å². The van der Waals surface area contributed by atoms with E-state index in [2.05, 4.69) is 6.92 Å². The second-order valence-electron chi connectivity index (χ2n) is 5.56. The van der Waals surface area contributed by atoms with Gasteiger partial charge in [-0.05, 0) is 31.6 Å². The summed E-state index contributed by atoms with van der Waals surface area (Å²) in [5, 5.41) is 0. The van der Waals surface area contributed by atoms with E-state index in [0.717, 1.165) is 32.1 Å². The first-order valence-corrected chi connectivity index (χ1v) is 6.65. The summed E-state index contributed by atoms with van der Waals surface area (Å²) >= 11 is 0. The van der Waals surface area contributed by atoms with Crippen LogP contribution in [0.25, 0.3) is 0 Å². The van der Waals surface area contributed by atoms with Crippen molar-refractivity contribution >= 4 is 5.97 Å². The minimum absolute atomic E-state index is 0.0507. The van der Waals surface area contributed by atoms with E-state index in [1.54, 1.807) is 0 Å². The number of esters is 1. The lowest BCUT2D eigenvalue weighted by Gasteiger charge is -2.36. The van der Waals surface area contributed by atoms with E-state index < -0.39 is 5.41 Å². The van der Waals surface area contributed by atoms with Gasteiger partial charge in [0.25, 0.3) is 0 Å². The molecular formula is C13H23NO3. The lowest BCUT2D eigenvalue weighted by Crippen LogP contribution is -2.44. The largest absolute Gasteiger partial charge is 0.459 e. The van der Waals surface area contributed by atoms with Crippen LogP contribution in [0.2, 0.25) is 0 Å². The van der Waals surface area contributed by atoms with Gasteiger partial charge in [0.15, 0.2) is 0 Å². The molecule has 2 aliphatic rings. The van der Waals surface area contributed by atoms with Gasteiger partial charge in [-0.25, -0.2) is 0 Å². The smallest absolute Gasteiger partial charge is 0.313 e. The molecule has 1 aliphatic carbocycles. The Morgan fingerprint density at radius 3 is 2.65 bits per heavy atom. The van der Waals surface area contributed by atoms with Crippen molar-refractivity contribution in [3.8, 4) is 0 Å². The molecule has 1 saturated heterocycles. The monoisotopic (exact) mass is 241 g/mol. The molecule has 2 rings (SSSR count). The van der Waals surface area contributed by atoms with Crippen molar-refractivity contribution < 1.29 is 14.3 Å². The third-order valence-corrected chi connectivity index (χ3v) is 4.22. The van der Waals surface area contributed by atoms with Gasteiger partial charge in [0.1, 0.15) is 6.10 Å². The summed E-state index contributed by atoms with van der Waals surface area (Å²) in [6.07, 6.45) is 4.67. The maximum atomic E-state index is 12.3. The molecule has 2 N–H and O–H groups in total. The third kappa shape index (κ3) is 2.80. The van der Waals surface area contributed by atoms with Crippen LogP contribution < -0.4 is 5.73 Å². The Morgan fingerprint density at radius 2 is 2.12 bits per heavy atom. The molecule has 0 amide bonds. The number of carbonyl (C=O) groups is 1. The predicted molar refractivity (Wildman–Crippen MR) is 64.4 cm³/mol. The van der Waals surface area contributed by atoms with Gasteiger partial charge >= 0.3 is 5.97 Å². The molecular weight excluding hydrogens is 218 g/mol. The molecule has 1 heterocycles. The molecule has 0 bridgehead atoms. The van der Waals surface area contributed by atoms with Gasteiger partial charge in [0.05, 0.1) is 18.6 Å². The minimum atomic E-state index is -0.422. The highest BCUT2D eigenvalue weighted by molar-refractivity contribution is 5.77. The highest BCUT2D eigenvalue weighted by atomic mass is 16.6.